The maximum atomic E-state index is 10.1. The quantitative estimate of drug-likeness (QED) is 0.248. The zero-order valence-electron chi connectivity index (χ0n) is 10.9. The number of rotatable bonds is 7. The van der Waals surface area contributed by atoms with Crippen LogP contribution in [0.1, 0.15) is 38.5 Å². The first-order chi connectivity index (χ1) is 8.27. The monoisotopic (exact) mass is 252 g/mol. The Morgan fingerprint density at radius 3 is 2.67 bits per heavy atom. The minimum Gasteiger partial charge on any atom is -0.550 e. The molecule has 2 nitrogen and oxygen atoms in total. The van der Waals surface area contributed by atoms with Crippen molar-refractivity contribution in [3.05, 3.63) is 24.3 Å². The third-order valence-corrected chi connectivity index (χ3v) is 1.92. The molecule has 3 heteroatoms. The van der Waals surface area contributed by atoms with Crippen LogP contribution in [0.3, 0.4) is 0 Å². The number of carboxylic acid groups (broad SMARTS) is 1. The van der Waals surface area contributed by atoms with Crippen LogP contribution in [0.2, 0.25) is 0 Å². The van der Waals surface area contributed by atoms with E-state index in [1.54, 1.807) is 6.08 Å². The fourth-order valence-electron chi connectivity index (χ4n) is 1.06. The molecule has 0 N–H and O–H groups in total. The number of unbranched alkanes of at least 4 members (excludes halogenated alkanes) is 3. The number of carbonyl (C=O) groups is 1. The molecule has 0 aromatic heterocycles. The number of allylic oxidation sites excluding steroid dienone is 4. The van der Waals surface area contributed by atoms with Gasteiger partial charge in [0.2, 0.25) is 0 Å². The Bertz CT molecular complexity index is 364. The number of aliphatic carboxylic acids is 1. The third kappa shape index (κ3) is 17.5. The summed E-state index contributed by atoms with van der Waals surface area (Å²) in [6, 6.07) is 0. The van der Waals surface area contributed by atoms with Crippen LogP contribution in [0.4, 0.5) is 0 Å². The van der Waals surface area contributed by atoms with Gasteiger partial charge in [-0.25, -0.2) is 0 Å². The summed E-state index contributed by atoms with van der Waals surface area (Å²) in [6.07, 6.45) is 16.6. The van der Waals surface area contributed by atoms with Gasteiger partial charge >= 0.3 is 29.6 Å². The molecule has 0 saturated carbocycles. The second kappa shape index (κ2) is 16.1. The molecule has 0 saturated heterocycles. The Labute approximate surface area is 132 Å². The van der Waals surface area contributed by atoms with Crippen LogP contribution >= 0.6 is 0 Å². The molecule has 0 amide bonds. The molecule has 0 aliphatic heterocycles. The van der Waals surface area contributed by atoms with E-state index >= 15 is 0 Å². The van der Waals surface area contributed by atoms with Crippen molar-refractivity contribution in [2.45, 2.75) is 38.5 Å². The Morgan fingerprint density at radius 2 is 2.00 bits per heavy atom. The van der Waals surface area contributed by atoms with E-state index in [2.05, 4.69) is 17.8 Å². The van der Waals surface area contributed by atoms with E-state index in [1.165, 1.54) is 0 Å². The van der Waals surface area contributed by atoms with Crippen molar-refractivity contribution in [2.75, 3.05) is 0 Å². The molecule has 0 spiro atoms. The van der Waals surface area contributed by atoms with Crippen LogP contribution in [-0.2, 0) is 4.79 Å². The second-order valence-electron chi connectivity index (χ2n) is 3.43. The van der Waals surface area contributed by atoms with Gasteiger partial charge in [0, 0.05) is 18.8 Å². The average molecular weight is 252 g/mol. The Balaban J connectivity index is 0. The zero-order valence-corrected chi connectivity index (χ0v) is 12.9. The van der Waals surface area contributed by atoms with E-state index in [0.29, 0.717) is 6.42 Å². The molecule has 0 atom stereocenters. The average Bonchev–Trinajstić information content (AvgIpc) is 2.30. The van der Waals surface area contributed by atoms with Crippen LogP contribution in [-0.4, -0.2) is 5.97 Å². The van der Waals surface area contributed by atoms with Gasteiger partial charge in [-0.3, -0.25) is 0 Å². The Hall–Kier alpha value is -0.930. The summed E-state index contributed by atoms with van der Waals surface area (Å²) in [6.45, 7) is 0. The molecule has 0 aromatic carbocycles. The van der Waals surface area contributed by atoms with Crippen LogP contribution in [0.5, 0.6) is 0 Å². The van der Waals surface area contributed by atoms with Crippen molar-refractivity contribution in [2.24, 2.45) is 0 Å². The van der Waals surface area contributed by atoms with Crippen molar-refractivity contribution in [3.8, 4) is 24.2 Å². The second-order valence-corrected chi connectivity index (χ2v) is 3.43. The maximum absolute atomic E-state index is 10.1. The molecule has 90 valence electrons. The molecule has 0 aliphatic carbocycles. The van der Waals surface area contributed by atoms with Gasteiger partial charge in [-0.1, -0.05) is 30.1 Å². The standard InChI is InChI=1S/C15H18O2.Na/c1-2-3-4-5-6-7-8-9-10-11-12-13-14-15(16)17;/h1,5-8H,3-4,11-14H2,(H,16,17);/q;+1/p-1/b6-5+,8-7+;. The van der Waals surface area contributed by atoms with Crippen molar-refractivity contribution in [1.29, 1.82) is 0 Å². The van der Waals surface area contributed by atoms with E-state index in [9.17, 15) is 9.90 Å². The van der Waals surface area contributed by atoms with Crippen molar-refractivity contribution >= 4 is 5.97 Å². The van der Waals surface area contributed by atoms with E-state index in [1.807, 2.05) is 18.2 Å². The smallest absolute Gasteiger partial charge is 0.550 e. The van der Waals surface area contributed by atoms with Gasteiger partial charge in [-0.15, -0.1) is 12.3 Å². The normalized spacial score (nSPS) is 9.50. The Morgan fingerprint density at radius 1 is 1.22 bits per heavy atom. The molecule has 0 bridgehead atoms. The molecule has 0 unspecified atom stereocenters. The first kappa shape index (κ1) is 19.4. The molecule has 0 rings (SSSR count). The molecule has 0 aliphatic rings. The van der Waals surface area contributed by atoms with Crippen LogP contribution in [0.25, 0.3) is 0 Å². The van der Waals surface area contributed by atoms with Crippen LogP contribution < -0.4 is 34.7 Å². The topological polar surface area (TPSA) is 40.1 Å². The van der Waals surface area contributed by atoms with E-state index < -0.39 is 5.97 Å². The summed E-state index contributed by atoms with van der Waals surface area (Å²) in [7, 11) is 0. The summed E-state index contributed by atoms with van der Waals surface area (Å²) in [5, 5.41) is 10.1. The molecule has 18 heavy (non-hydrogen) atoms. The summed E-state index contributed by atoms with van der Waals surface area (Å²) in [5.74, 6) is 7.39. The fraction of sp³-hybridized carbons (Fsp3) is 0.400. The number of hydrogen-bond donors (Lipinski definition) is 0. The number of carboxylic acids is 1. The number of hydrogen-bond acceptors (Lipinski definition) is 2. The van der Waals surface area contributed by atoms with E-state index in [0.717, 1.165) is 25.7 Å². The van der Waals surface area contributed by atoms with Gasteiger partial charge in [-0.2, -0.15) is 0 Å². The van der Waals surface area contributed by atoms with Gasteiger partial charge in [0.05, 0.1) is 0 Å². The van der Waals surface area contributed by atoms with Gasteiger partial charge < -0.3 is 9.90 Å². The van der Waals surface area contributed by atoms with Crippen LogP contribution in [0.15, 0.2) is 24.3 Å². The van der Waals surface area contributed by atoms with Crippen molar-refractivity contribution < 1.29 is 39.5 Å². The number of carbonyl (C=O) groups excluding carboxylic acids is 1. The minimum atomic E-state index is -0.991. The van der Waals surface area contributed by atoms with Crippen molar-refractivity contribution in [1.82, 2.24) is 0 Å². The summed E-state index contributed by atoms with van der Waals surface area (Å²) >= 11 is 0. The number of terminal acetylenes is 1. The van der Waals surface area contributed by atoms with Gasteiger partial charge in [0.15, 0.2) is 0 Å². The molecular formula is C15H17NaO2. The predicted octanol–water partition coefficient (Wildman–Crippen LogP) is -1.17. The van der Waals surface area contributed by atoms with E-state index in [4.69, 9.17) is 6.42 Å². The van der Waals surface area contributed by atoms with Gasteiger partial charge in [-0.05, 0) is 31.8 Å². The van der Waals surface area contributed by atoms with Crippen LogP contribution in [0, 0.1) is 24.2 Å². The molecule has 0 fully saturated rings. The SMILES string of the molecule is C#CCC/C=C/C=C/C#CCCCCC(=O)[O-].[Na+]. The fourth-order valence-corrected chi connectivity index (χ4v) is 1.06. The predicted molar refractivity (Wildman–Crippen MR) is 67.6 cm³/mol. The summed E-state index contributed by atoms with van der Waals surface area (Å²) < 4.78 is 0. The molecule has 0 heterocycles. The molecule has 0 radical (unpaired) electrons. The molecular weight excluding hydrogens is 235 g/mol. The first-order valence-electron chi connectivity index (χ1n) is 5.70. The van der Waals surface area contributed by atoms with E-state index in [-0.39, 0.29) is 36.0 Å². The first-order valence-corrected chi connectivity index (χ1v) is 5.70. The molecule has 0 aromatic rings. The van der Waals surface area contributed by atoms with Gasteiger partial charge in [0.1, 0.15) is 0 Å². The zero-order chi connectivity index (χ0) is 12.8. The minimum absolute atomic E-state index is 0. The largest absolute Gasteiger partial charge is 1.00 e. The maximum Gasteiger partial charge on any atom is 1.00 e. The summed E-state index contributed by atoms with van der Waals surface area (Å²) in [5.41, 5.74) is 0. The third-order valence-electron chi connectivity index (χ3n) is 1.92. The van der Waals surface area contributed by atoms with Crippen molar-refractivity contribution in [3.63, 3.8) is 0 Å². The van der Waals surface area contributed by atoms with Gasteiger partial charge in [0.25, 0.3) is 0 Å². The Kier molecular flexibility index (Phi) is 17.3. The summed E-state index contributed by atoms with van der Waals surface area (Å²) in [4.78, 5) is 10.1.